The van der Waals surface area contributed by atoms with Crippen LogP contribution in [0.3, 0.4) is 0 Å². The van der Waals surface area contributed by atoms with Gasteiger partial charge in [-0.2, -0.15) is 4.31 Å². The standard InChI is InChI=1S/C21H28N4O4S/c1-29-19-8-6-18(7-9-19)17-21(26)23-11-4-16-30(27,28)25-14-12-24(13-15-25)20-5-2-3-10-22-20/h2-3,5-10H,4,11-17H2,1H3,(H,23,26). The summed E-state index contributed by atoms with van der Waals surface area (Å²) in [5.74, 6) is 1.51. The number of methoxy groups -OCH3 is 1. The molecule has 162 valence electrons. The number of anilines is 1. The highest BCUT2D eigenvalue weighted by Gasteiger charge is 2.26. The predicted molar refractivity (Wildman–Crippen MR) is 116 cm³/mol. The SMILES string of the molecule is COc1ccc(CC(=O)NCCCS(=O)(=O)N2CCN(c3ccccn3)CC2)cc1. The Morgan fingerprint density at radius 3 is 2.47 bits per heavy atom. The second kappa shape index (κ2) is 10.4. The second-order valence-corrected chi connectivity index (χ2v) is 9.21. The van der Waals surface area contributed by atoms with Gasteiger partial charge < -0.3 is 15.0 Å². The Balaban J connectivity index is 1.37. The molecule has 1 fully saturated rings. The number of benzene rings is 1. The summed E-state index contributed by atoms with van der Waals surface area (Å²) in [4.78, 5) is 18.5. The van der Waals surface area contributed by atoms with Gasteiger partial charge in [0.05, 0.1) is 19.3 Å². The fourth-order valence-electron chi connectivity index (χ4n) is 3.34. The van der Waals surface area contributed by atoms with E-state index in [4.69, 9.17) is 4.74 Å². The van der Waals surface area contributed by atoms with Gasteiger partial charge in [-0.05, 0) is 36.2 Å². The van der Waals surface area contributed by atoms with Crippen LogP contribution in [0.25, 0.3) is 0 Å². The number of piperazine rings is 1. The lowest BCUT2D eigenvalue weighted by Crippen LogP contribution is -2.49. The van der Waals surface area contributed by atoms with E-state index in [1.165, 1.54) is 4.31 Å². The van der Waals surface area contributed by atoms with Crippen LogP contribution in [-0.2, 0) is 21.2 Å². The Kier molecular flexibility index (Phi) is 7.64. The maximum atomic E-state index is 12.6. The number of sulfonamides is 1. The van der Waals surface area contributed by atoms with Crippen molar-refractivity contribution in [3.63, 3.8) is 0 Å². The van der Waals surface area contributed by atoms with Gasteiger partial charge in [0.2, 0.25) is 15.9 Å². The summed E-state index contributed by atoms with van der Waals surface area (Å²) in [7, 11) is -1.74. The lowest BCUT2D eigenvalue weighted by Gasteiger charge is -2.34. The third-order valence-corrected chi connectivity index (χ3v) is 6.99. The van der Waals surface area contributed by atoms with E-state index in [-0.39, 0.29) is 18.1 Å². The smallest absolute Gasteiger partial charge is 0.224 e. The van der Waals surface area contributed by atoms with Crippen molar-refractivity contribution in [2.75, 3.05) is 50.5 Å². The Bertz CT molecular complexity index is 912. The molecule has 0 radical (unpaired) electrons. The number of carbonyl (C=O) groups excluding carboxylic acids is 1. The van der Waals surface area contributed by atoms with Crippen LogP contribution in [0.15, 0.2) is 48.7 Å². The third-order valence-electron chi connectivity index (χ3n) is 5.03. The van der Waals surface area contributed by atoms with Gasteiger partial charge in [-0.1, -0.05) is 18.2 Å². The number of carbonyl (C=O) groups is 1. The molecule has 1 aliphatic heterocycles. The Morgan fingerprint density at radius 1 is 1.10 bits per heavy atom. The van der Waals surface area contributed by atoms with Crippen molar-refractivity contribution in [1.29, 1.82) is 0 Å². The summed E-state index contributed by atoms with van der Waals surface area (Å²) in [5.41, 5.74) is 0.881. The summed E-state index contributed by atoms with van der Waals surface area (Å²) in [6.07, 6.45) is 2.38. The van der Waals surface area contributed by atoms with E-state index in [0.717, 1.165) is 17.1 Å². The minimum Gasteiger partial charge on any atom is -0.497 e. The summed E-state index contributed by atoms with van der Waals surface area (Å²) < 4.78 is 31.8. The maximum Gasteiger partial charge on any atom is 0.224 e. The number of hydrogen-bond donors (Lipinski definition) is 1. The first kappa shape index (κ1) is 22.0. The molecule has 1 saturated heterocycles. The first-order valence-corrected chi connectivity index (χ1v) is 11.6. The van der Waals surface area contributed by atoms with Gasteiger partial charge in [0.25, 0.3) is 0 Å². The quantitative estimate of drug-likeness (QED) is 0.601. The van der Waals surface area contributed by atoms with E-state index in [0.29, 0.717) is 39.1 Å². The topological polar surface area (TPSA) is 91.8 Å². The Morgan fingerprint density at radius 2 is 1.83 bits per heavy atom. The molecule has 9 heteroatoms. The largest absolute Gasteiger partial charge is 0.497 e. The third kappa shape index (κ3) is 6.17. The van der Waals surface area contributed by atoms with Crippen molar-refractivity contribution in [2.45, 2.75) is 12.8 Å². The van der Waals surface area contributed by atoms with Gasteiger partial charge in [-0.3, -0.25) is 4.79 Å². The van der Waals surface area contributed by atoms with Gasteiger partial charge >= 0.3 is 0 Å². The molecule has 0 unspecified atom stereocenters. The molecule has 0 saturated carbocycles. The average molecular weight is 433 g/mol. The molecule has 0 bridgehead atoms. The van der Waals surface area contributed by atoms with Crippen molar-refractivity contribution in [3.05, 3.63) is 54.2 Å². The normalized spacial score (nSPS) is 15.0. The van der Waals surface area contributed by atoms with E-state index in [1.807, 2.05) is 42.5 Å². The highest BCUT2D eigenvalue weighted by atomic mass is 32.2. The fraction of sp³-hybridized carbons (Fsp3) is 0.429. The number of rotatable bonds is 9. The highest BCUT2D eigenvalue weighted by molar-refractivity contribution is 7.89. The van der Waals surface area contributed by atoms with Crippen LogP contribution in [0.4, 0.5) is 5.82 Å². The average Bonchev–Trinajstić information content (AvgIpc) is 2.78. The van der Waals surface area contributed by atoms with Crippen LogP contribution in [-0.4, -0.2) is 69.2 Å². The molecule has 30 heavy (non-hydrogen) atoms. The highest BCUT2D eigenvalue weighted by Crippen LogP contribution is 2.15. The molecule has 2 heterocycles. The van der Waals surface area contributed by atoms with Gasteiger partial charge in [-0.15, -0.1) is 0 Å². The van der Waals surface area contributed by atoms with Crippen LogP contribution >= 0.6 is 0 Å². The number of ether oxygens (including phenoxy) is 1. The van der Waals surface area contributed by atoms with Crippen LogP contribution in [0, 0.1) is 0 Å². The van der Waals surface area contributed by atoms with Gasteiger partial charge in [-0.25, -0.2) is 13.4 Å². The molecule has 1 amide bonds. The molecule has 2 aromatic rings. The predicted octanol–water partition coefficient (Wildman–Crippen LogP) is 1.29. The van der Waals surface area contributed by atoms with Crippen molar-refractivity contribution in [1.82, 2.24) is 14.6 Å². The summed E-state index contributed by atoms with van der Waals surface area (Å²) in [6.45, 7) is 2.47. The minimum absolute atomic E-state index is 0.0272. The van der Waals surface area contributed by atoms with Crippen molar-refractivity contribution < 1.29 is 17.9 Å². The minimum atomic E-state index is -3.33. The van der Waals surface area contributed by atoms with Gasteiger partial charge in [0.1, 0.15) is 11.6 Å². The number of aromatic nitrogens is 1. The molecule has 0 atom stereocenters. The maximum absolute atomic E-state index is 12.6. The molecule has 0 spiro atoms. The van der Waals surface area contributed by atoms with E-state index in [9.17, 15) is 13.2 Å². The van der Waals surface area contributed by atoms with Crippen molar-refractivity contribution >= 4 is 21.7 Å². The van der Waals surface area contributed by atoms with E-state index >= 15 is 0 Å². The van der Waals surface area contributed by atoms with E-state index in [2.05, 4.69) is 15.2 Å². The molecule has 1 aromatic heterocycles. The zero-order chi connectivity index (χ0) is 21.4. The van der Waals surface area contributed by atoms with Crippen molar-refractivity contribution in [3.8, 4) is 5.75 Å². The Hall–Kier alpha value is -2.65. The number of nitrogens with one attached hydrogen (secondary N) is 1. The molecule has 1 N–H and O–H groups in total. The van der Waals surface area contributed by atoms with Crippen LogP contribution in [0.2, 0.25) is 0 Å². The van der Waals surface area contributed by atoms with Gasteiger partial charge in [0.15, 0.2) is 0 Å². The van der Waals surface area contributed by atoms with E-state index in [1.54, 1.807) is 13.3 Å². The molecule has 3 rings (SSSR count). The first-order chi connectivity index (χ1) is 14.5. The number of hydrogen-bond acceptors (Lipinski definition) is 6. The summed E-state index contributed by atoms with van der Waals surface area (Å²) >= 11 is 0. The van der Waals surface area contributed by atoms with Crippen LogP contribution in [0.5, 0.6) is 5.75 Å². The fourth-order valence-corrected chi connectivity index (χ4v) is 4.83. The van der Waals surface area contributed by atoms with E-state index < -0.39 is 10.0 Å². The van der Waals surface area contributed by atoms with Crippen LogP contribution in [0.1, 0.15) is 12.0 Å². The number of nitrogens with zero attached hydrogens (tertiary/aromatic N) is 3. The van der Waals surface area contributed by atoms with Crippen molar-refractivity contribution in [2.24, 2.45) is 0 Å². The lowest BCUT2D eigenvalue weighted by molar-refractivity contribution is -0.120. The zero-order valence-electron chi connectivity index (χ0n) is 17.2. The molecule has 1 aliphatic rings. The summed E-state index contributed by atoms with van der Waals surface area (Å²) in [5, 5.41) is 2.79. The number of pyridine rings is 1. The molecular formula is C21H28N4O4S. The first-order valence-electron chi connectivity index (χ1n) is 10.0. The Labute approximate surface area is 177 Å². The molecular weight excluding hydrogens is 404 g/mol. The van der Waals surface area contributed by atoms with Crippen LogP contribution < -0.4 is 15.0 Å². The zero-order valence-corrected chi connectivity index (χ0v) is 18.0. The molecule has 8 nitrogen and oxygen atoms in total. The number of amides is 1. The monoisotopic (exact) mass is 432 g/mol. The molecule has 1 aromatic carbocycles. The second-order valence-electron chi connectivity index (χ2n) is 7.12. The molecule has 0 aliphatic carbocycles. The lowest BCUT2D eigenvalue weighted by atomic mass is 10.1. The van der Waals surface area contributed by atoms with Gasteiger partial charge in [0, 0.05) is 38.9 Å². The summed E-state index contributed by atoms with van der Waals surface area (Å²) in [6, 6.07) is 13.0.